The van der Waals surface area contributed by atoms with Gasteiger partial charge in [-0.05, 0) is 29.8 Å². The molecule has 33 heavy (non-hydrogen) atoms. The molecule has 4 rings (SSSR count). The van der Waals surface area contributed by atoms with E-state index >= 15 is 0 Å². The molecule has 170 valence electrons. The number of hydrogen-bond acceptors (Lipinski definition) is 6. The number of aromatic nitrogens is 1. The highest BCUT2D eigenvalue weighted by Gasteiger charge is 2.15. The van der Waals surface area contributed by atoms with Crippen molar-refractivity contribution in [2.24, 2.45) is 0 Å². The maximum Gasteiger partial charge on any atom is 0.167 e. The maximum absolute atomic E-state index is 14.9. The van der Waals surface area contributed by atoms with Crippen LogP contribution in [0.15, 0.2) is 54.7 Å². The summed E-state index contributed by atoms with van der Waals surface area (Å²) in [4.78, 5) is 5.08. The van der Waals surface area contributed by atoms with Crippen molar-refractivity contribution < 1.29 is 18.3 Å². The van der Waals surface area contributed by atoms with E-state index in [1.54, 1.807) is 31.5 Å². The Balaban J connectivity index is 1.58. The molecule has 0 spiro atoms. The molecule has 0 unspecified atom stereocenters. The first-order chi connectivity index (χ1) is 16.1. The van der Waals surface area contributed by atoms with Crippen LogP contribution in [0.5, 0.6) is 11.5 Å². The predicted octanol–water partition coefficient (Wildman–Crippen LogP) is 6.14. The Labute approximate surface area is 199 Å². The topological polar surface area (TPSA) is 55.4 Å². The second-order valence-electron chi connectivity index (χ2n) is 7.13. The highest BCUT2D eigenvalue weighted by atomic mass is 32.1. The maximum atomic E-state index is 14.9. The minimum atomic E-state index is -0.528. The van der Waals surface area contributed by atoms with Crippen LogP contribution >= 0.6 is 23.6 Å². The molecule has 0 saturated heterocycles. The molecule has 0 atom stereocenters. The van der Waals surface area contributed by atoms with Gasteiger partial charge < -0.3 is 20.1 Å². The smallest absolute Gasteiger partial charge is 0.167 e. The number of hydrogen-bond donors (Lipinski definition) is 2. The molecule has 2 heterocycles. The Hall–Kier alpha value is -2.98. The van der Waals surface area contributed by atoms with Gasteiger partial charge in [0.2, 0.25) is 0 Å². The van der Waals surface area contributed by atoms with Crippen LogP contribution in [-0.2, 0) is 11.3 Å². The summed E-state index contributed by atoms with van der Waals surface area (Å²) in [5, 5.41) is 5.96. The molecular formula is C24H21F2N3O2S2. The predicted molar refractivity (Wildman–Crippen MR) is 132 cm³/mol. The van der Waals surface area contributed by atoms with Crippen molar-refractivity contribution in [2.45, 2.75) is 6.54 Å². The highest BCUT2D eigenvalue weighted by Crippen LogP contribution is 2.40. The van der Waals surface area contributed by atoms with Crippen LogP contribution in [0, 0.1) is 11.6 Å². The van der Waals surface area contributed by atoms with E-state index in [1.165, 1.54) is 35.0 Å². The first-order valence-electron chi connectivity index (χ1n) is 10.1. The molecule has 4 aromatic rings. The summed E-state index contributed by atoms with van der Waals surface area (Å²) in [6, 6.07) is 13.1. The van der Waals surface area contributed by atoms with Crippen LogP contribution in [-0.4, -0.2) is 30.7 Å². The van der Waals surface area contributed by atoms with Crippen LogP contribution in [0.2, 0.25) is 0 Å². The van der Waals surface area contributed by atoms with E-state index < -0.39 is 5.82 Å². The second-order valence-corrected chi connectivity index (χ2v) is 8.42. The molecule has 5 nitrogen and oxygen atoms in total. The van der Waals surface area contributed by atoms with Gasteiger partial charge in [0.05, 0.1) is 22.3 Å². The van der Waals surface area contributed by atoms with E-state index in [1.807, 2.05) is 12.1 Å². The van der Waals surface area contributed by atoms with Gasteiger partial charge in [-0.25, -0.2) is 8.78 Å². The molecular weight excluding hydrogens is 464 g/mol. The average Bonchev–Trinajstić information content (AvgIpc) is 3.24. The number of methoxy groups -OCH3 is 1. The standard InChI is InChI=1S/C24H21F2N3O2S2/c1-30-9-8-27-13-15-2-4-17(18(25)10-15)23-12-20-24(33-23)22(6-7-28-20)31-21-5-3-16(29-14-32)11-19(21)26/h2-7,10-12,14,27H,8-9,13H2,1H3,(H,29,32). The lowest BCUT2D eigenvalue weighted by Crippen LogP contribution is -2.18. The normalized spacial score (nSPS) is 11.0. The van der Waals surface area contributed by atoms with Crippen molar-refractivity contribution in [1.29, 1.82) is 0 Å². The van der Waals surface area contributed by atoms with Gasteiger partial charge in [-0.2, -0.15) is 0 Å². The van der Waals surface area contributed by atoms with Gasteiger partial charge in [-0.3, -0.25) is 4.98 Å². The van der Waals surface area contributed by atoms with Crippen LogP contribution < -0.4 is 15.4 Å². The fourth-order valence-electron chi connectivity index (χ4n) is 3.26. The molecule has 0 aliphatic carbocycles. The van der Waals surface area contributed by atoms with Gasteiger partial charge in [0.25, 0.3) is 0 Å². The molecule has 0 fully saturated rings. The van der Waals surface area contributed by atoms with E-state index in [9.17, 15) is 8.78 Å². The summed E-state index contributed by atoms with van der Waals surface area (Å²) in [7, 11) is 1.64. The van der Waals surface area contributed by atoms with Crippen LogP contribution in [0.1, 0.15) is 5.56 Å². The minimum absolute atomic E-state index is 0.0730. The van der Waals surface area contributed by atoms with Gasteiger partial charge >= 0.3 is 0 Å². The lowest BCUT2D eigenvalue weighted by atomic mass is 10.1. The lowest BCUT2D eigenvalue weighted by Gasteiger charge is -2.09. The highest BCUT2D eigenvalue weighted by molar-refractivity contribution is 7.79. The number of ether oxygens (including phenoxy) is 2. The van der Waals surface area contributed by atoms with E-state index in [0.717, 1.165) is 5.56 Å². The molecule has 0 aliphatic rings. The summed E-state index contributed by atoms with van der Waals surface area (Å²) in [6.07, 6.45) is 1.58. The minimum Gasteiger partial charge on any atom is -0.453 e. The summed E-state index contributed by atoms with van der Waals surface area (Å²) >= 11 is 6.07. The summed E-state index contributed by atoms with van der Waals surface area (Å²) in [5.41, 5.74) is 3.81. The van der Waals surface area contributed by atoms with Crippen molar-refractivity contribution in [3.8, 4) is 21.9 Å². The molecule has 0 aliphatic heterocycles. The molecule has 2 aromatic carbocycles. The first kappa shape index (κ1) is 23.2. The fraction of sp³-hybridized carbons (Fsp3) is 0.167. The number of nitrogens with one attached hydrogen (secondary N) is 2. The SMILES string of the molecule is COCCNCc1ccc(-c2cc3nccc(Oc4ccc(NC=S)cc4F)c3s2)c(F)c1. The van der Waals surface area contributed by atoms with Crippen molar-refractivity contribution in [3.63, 3.8) is 0 Å². The Morgan fingerprint density at radius 2 is 1.94 bits per heavy atom. The first-order valence-corrected chi connectivity index (χ1v) is 11.4. The number of benzene rings is 2. The Bertz CT molecular complexity index is 1280. The number of anilines is 1. The van der Waals surface area contributed by atoms with Crippen molar-refractivity contribution in [3.05, 3.63) is 71.9 Å². The summed E-state index contributed by atoms with van der Waals surface area (Å²) in [6.45, 7) is 1.84. The zero-order chi connectivity index (χ0) is 23.2. The summed E-state index contributed by atoms with van der Waals surface area (Å²) in [5.74, 6) is -0.323. The monoisotopic (exact) mass is 485 g/mol. The number of rotatable bonds is 10. The lowest BCUT2D eigenvalue weighted by molar-refractivity contribution is 0.199. The number of fused-ring (bicyclic) bond motifs is 1. The third-order valence-electron chi connectivity index (χ3n) is 4.86. The molecule has 0 bridgehead atoms. The van der Waals surface area contributed by atoms with Crippen molar-refractivity contribution >= 4 is 45.0 Å². The molecule has 9 heteroatoms. The molecule has 0 radical (unpaired) electrons. The largest absolute Gasteiger partial charge is 0.453 e. The number of nitrogens with zero attached hydrogens (tertiary/aromatic N) is 1. The van der Waals surface area contributed by atoms with E-state index in [0.29, 0.717) is 51.8 Å². The van der Waals surface area contributed by atoms with E-state index in [2.05, 4.69) is 15.6 Å². The van der Waals surface area contributed by atoms with Gasteiger partial charge in [-0.15, -0.1) is 11.3 Å². The fourth-order valence-corrected chi connectivity index (χ4v) is 4.49. The second kappa shape index (κ2) is 10.8. The Kier molecular flexibility index (Phi) is 7.56. The number of thiophene rings is 1. The van der Waals surface area contributed by atoms with E-state index in [4.69, 9.17) is 21.7 Å². The number of pyridine rings is 1. The Morgan fingerprint density at radius 1 is 1.06 bits per heavy atom. The quantitative estimate of drug-likeness (QED) is 0.208. The van der Waals surface area contributed by atoms with Gasteiger partial charge in [0, 0.05) is 54.7 Å². The third-order valence-corrected chi connectivity index (χ3v) is 6.15. The van der Waals surface area contributed by atoms with Crippen LogP contribution in [0.25, 0.3) is 20.7 Å². The van der Waals surface area contributed by atoms with Crippen LogP contribution in [0.4, 0.5) is 14.5 Å². The Morgan fingerprint density at radius 3 is 2.70 bits per heavy atom. The molecule has 0 saturated carbocycles. The zero-order valence-corrected chi connectivity index (χ0v) is 19.4. The van der Waals surface area contributed by atoms with Crippen molar-refractivity contribution in [1.82, 2.24) is 10.3 Å². The van der Waals surface area contributed by atoms with Crippen LogP contribution in [0.3, 0.4) is 0 Å². The zero-order valence-electron chi connectivity index (χ0n) is 17.7. The number of thiocarbonyl (C=S) groups is 1. The van der Waals surface area contributed by atoms with Gasteiger partial charge in [0.15, 0.2) is 11.6 Å². The summed E-state index contributed by atoms with van der Waals surface area (Å²) < 4.78 is 40.9. The number of halogens is 2. The van der Waals surface area contributed by atoms with Crippen molar-refractivity contribution in [2.75, 3.05) is 25.6 Å². The van der Waals surface area contributed by atoms with Gasteiger partial charge in [0.1, 0.15) is 11.6 Å². The average molecular weight is 486 g/mol. The molecule has 2 N–H and O–H groups in total. The van der Waals surface area contributed by atoms with Gasteiger partial charge in [-0.1, -0.05) is 24.4 Å². The molecule has 2 aromatic heterocycles. The van der Waals surface area contributed by atoms with E-state index in [-0.39, 0.29) is 11.6 Å². The molecule has 0 amide bonds. The third kappa shape index (κ3) is 5.51.